The Balaban J connectivity index is 1.78. The predicted molar refractivity (Wildman–Crippen MR) is 104 cm³/mol. The molecule has 0 radical (unpaired) electrons. The van der Waals surface area contributed by atoms with Gasteiger partial charge in [-0.1, -0.05) is 12.1 Å². The second kappa shape index (κ2) is 6.97. The summed E-state index contributed by atoms with van der Waals surface area (Å²) in [5.41, 5.74) is 10.9. The van der Waals surface area contributed by atoms with Crippen LogP contribution in [0.4, 0.5) is 5.69 Å². The Kier molecular flexibility index (Phi) is 4.53. The highest BCUT2D eigenvalue weighted by molar-refractivity contribution is 5.68. The molecule has 2 aromatic heterocycles. The summed E-state index contributed by atoms with van der Waals surface area (Å²) in [6, 6.07) is 12.0. The molecule has 1 saturated heterocycles. The van der Waals surface area contributed by atoms with Crippen molar-refractivity contribution in [2.75, 3.05) is 46.1 Å². The molecule has 2 N–H and O–H groups in total. The average molecular weight is 351 g/mol. The minimum Gasteiger partial charge on any atom is -0.497 e. The highest BCUT2D eigenvalue weighted by atomic mass is 16.5. The number of piperazine rings is 1. The number of pyridine rings is 1. The number of anilines is 1. The second-order valence-electron chi connectivity index (χ2n) is 6.91. The van der Waals surface area contributed by atoms with Crippen LogP contribution in [0, 0.1) is 0 Å². The minimum absolute atomic E-state index is 0.742. The summed E-state index contributed by atoms with van der Waals surface area (Å²) in [7, 11) is 3.86. The van der Waals surface area contributed by atoms with Gasteiger partial charge in [-0.05, 0) is 31.3 Å². The number of nitrogens with zero attached hydrogens (tertiary/aromatic N) is 4. The first-order valence-electron chi connectivity index (χ1n) is 8.96. The molecule has 6 heteroatoms. The quantitative estimate of drug-likeness (QED) is 0.782. The number of rotatable bonds is 4. The van der Waals surface area contributed by atoms with E-state index in [4.69, 9.17) is 15.5 Å². The molecule has 1 aromatic carbocycles. The number of methoxy groups -OCH3 is 1. The molecular weight excluding hydrogens is 326 g/mol. The largest absolute Gasteiger partial charge is 0.497 e. The van der Waals surface area contributed by atoms with Crippen molar-refractivity contribution in [1.82, 2.24) is 19.2 Å². The van der Waals surface area contributed by atoms with E-state index in [1.807, 2.05) is 36.5 Å². The summed E-state index contributed by atoms with van der Waals surface area (Å²) < 4.78 is 7.53. The van der Waals surface area contributed by atoms with Crippen molar-refractivity contribution in [2.45, 2.75) is 6.54 Å². The van der Waals surface area contributed by atoms with E-state index in [1.165, 1.54) is 5.69 Å². The third kappa shape index (κ3) is 3.25. The number of ether oxygens (including phenoxy) is 1. The molecule has 0 saturated carbocycles. The van der Waals surface area contributed by atoms with Crippen LogP contribution in [0.2, 0.25) is 0 Å². The molecule has 136 valence electrons. The standard InChI is InChI=1S/C20H25N5O/c1-23-8-10-24(11-9-23)14-18-20(15-4-3-5-17(12-15)26-2)22-19-7-6-16(21)13-25(18)19/h3-7,12-13H,8-11,14,21H2,1-2H3. The summed E-state index contributed by atoms with van der Waals surface area (Å²) in [4.78, 5) is 9.74. The van der Waals surface area contributed by atoms with Crippen LogP contribution in [-0.2, 0) is 6.54 Å². The van der Waals surface area contributed by atoms with Gasteiger partial charge in [-0.25, -0.2) is 4.98 Å². The Morgan fingerprint density at radius 2 is 1.92 bits per heavy atom. The second-order valence-corrected chi connectivity index (χ2v) is 6.91. The highest BCUT2D eigenvalue weighted by Gasteiger charge is 2.20. The maximum absolute atomic E-state index is 6.05. The SMILES string of the molecule is COc1cccc(-c2nc3ccc(N)cn3c2CN2CCN(C)CC2)c1. The summed E-state index contributed by atoms with van der Waals surface area (Å²) in [6.45, 7) is 5.15. The molecule has 1 aliphatic heterocycles. The van der Waals surface area contributed by atoms with Crippen molar-refractivity contribution < 1.29 is 4.74 Å². The molecule has 3 aromatic rings. The van der Waals surface area contributed by atoms with Crippen LogP contribution in [0.25, 0.3) is 16.9 Å². The van der Waals surface area contributed by atoms with Crippen LogP contribution in [0.3, 0.4) is 0 Å². The van der Waals surface area contributed by atoms with Gasteiger partial charge in [-0.2, -0.15) is 0 Å². The highest BCUT2D eigenvalue weighted by Crippen LogP contribution is 2.29. The van der Waals surface area contributed by atoms with E-state index in [0.29, 0.717) is 0 Å². The maximum atomic E-state index is 6.05. The van der Waals surface area contributed by atoms with Crippen molar-refractivity contribution in [3.8, 4) is 17.0 Å². The fraction of sp³-hybridized carbons (Fsp3) is 0.350. The van der Waals surface area contributed by atoms with E-state index in [2.05, 4.69) is 27.3 Å². The molecule has 6 nitrogen and oxygen atoms in total. The van der Waals surface area contributed by atoms with Crippen molar-refractivity contribution in [1.29, 1.82) is 0 Å². The van der Waals surface area contributed by atoms with Gasteiger partial charge in [0.1, 0.15) is 11.4 Å². The molecule has 3 heterocycles. The van der Waals surface area contributed by atoms with E-state index in [0.717, 1.165) is 61.1 Å². The summed E-state index contributed by atoms with van der Waals surface area (Å²) in [5, 5.41) is 0. The van der Waals surface area contributed by atoms with Gasteiger partial charge in [0.25, 0.3) is 0 Å². The number of hydrogen-bond acceptors (Lipinski definition) is 5. The number of aromatic nitrogens is 2. The van der Waals surface area contributed by atoms with Crippen molar-refractivity contribution in [3.05, 3.63) is 48.3 Å². The average Bonchev–Trinajstić information content (AvgIpc) is 3.01. The number of nitrogens with two attached hydrogens (primary N) is 1. The first kappa shape index (κ1) is 16.9. The lowest BCUT2D eigenvalue weighted by atomic mass is 10.1. The number of imidazole rings is 1. The van der Waals surface area contributed by atoms with Gasteiger partial charge in [-0.15, -0.1) is 0 Å². The van der Waals surface area contributed by atoms with Crippen molar-refractivity contribution in [3.63, 3.8) is 0 Å². The number of fused-ring (bicyclic) bond motifs is 1. The molecule has 0 aliphatic carbocycles. The lowest BCUT2D eigenvalue weighted by Gasteiger charge is -2.32. The molecule has 0 atom stereocenters. The molecular formula is C20H25N5O. The zero-order valence-electron chi connectivity index (χ0n) is 15.4. The molecule has 0 amide bonds. The van der Waals surface area contributed by atoms with E-state index in [-0.39, 0.29) is 0 Å². The summed E-state index contributed by atoms with van der Waals surface area (Å²) >= 11 is 0. The van der Waals surface area contributed by atoms with E-state index in [9.17, 15) is 0 Å². The molecule has 1 fully saturated rings. The Morgan fingerprint density at radius 3 is 2.69 bits per heavy atom. The van der Waals surface area contributed by atoms with Gasteiger partial charge < -0.3 is 19.8 Å². The molecule has 0 bridgehead atoms. The molecule has 0 unspecified atom stereocenters. The summed E-state index contributed by atoms with van der Waals surface area (Å²) in [5.74, 6) is 0.838. The van der Waals surface area contributed by atoms with Crippen LogP contribution < -0.4 is 10.5 Å². The number of hydrogen-bond donors (Lipinski definition) is 1. The van der Waals surface area contributed by atoms with Crippen molar-refractivity contribution >= 4 is 11.3 Å². The smallest absolute Gasteiger partial charge is 0.137 e. The third-order valence-electron chi connectivity index (χ3n) is 5.05. The predicted octanol–water partition coefficient (Wildman–Crippen LogP) is 2.34. The van der Waals surface area contributed by atoms with Crippen molar-refractivity contribution in [2.24, 2.45) is 0 Å². The minimum atomic E-state index is 0.742. The van der Waals surface area contributed by atoms with E-state index >= 15 is 0 Å². The summed E-state index contributed by atoms with van der Waals surface area (Å²) in [6.07, 6.45) is 1.97. The topological polar surface area (TPSA) is 59.0 Å². The zero-order chi connectivity index (χ0) is 18.1. The van der Waals surface area contributed by atoms with Crippen LogP contribution in [0.15, 0.2) is 42.6 Å². The van der Waals surface area contributed by atoms with E-state index in [1.54, 1.807) is 7.11 Å². The lowest BCUT2D eigenvalue weighted by molar-refractivity contribution is 0.147. The fourth-order valence-electron chi connectivity index (χ4n) is 3.48. The van der Waals surface area contributed by atoms with Gasteiger partial charge >= 0.3 is 0 Å². The first-order valence-corrected chi connectivity index (χ1v) is 8.96. The van der Waals surface area contributed by atoms with Crippen LogP contribution >= 0.6 is 0 Å². The van der Waals surface area contributed by atoms with Gasteiger partial charge in [0, 0.05) is 50.2 Å². The normalized spacial score (nSPS) is 16.2. The number of likely N-dealkylation sites (N-methyl/N-ethyl adjacent to an activating group) is 1. The Labute approximate surface area is 153 Å². The van der Waals surface area contributed by atoms with Crippen LogP contribution in [0.5, 0.6) is 5.75 Å². The van der Waals surface area contributed by atoms with Gasteiger partial charge in [0.15, 0.2) is 0 Å². The van der Waals surface area contributed by atoms with Gasteiger partial charge in [0.05, 0.1) is 18.5 Å². The Bertz CT molecular complexity index is 912. The Hall–Kier alpha value is -2.57. The molecule has 4 rings (SSSR count). The first-order chi connectivity index (χ1) is 12.6. The fourth-order valence-corrected chi connectivity index (χ4v) is 3.48. The zero-order valence-corrected chi connectivity index (χ0v) is 15.4. The number of nitrogen functional groups attached to an aromatic ring is 1. The van der Waals surface area contributed by atoms with Gasteiger partial charge in [0.2, 0.25) is 0 Å². The van der Waals surface area contributed by atoms with Crippen LogP contribution in [0.1, 0.15) is 5.69 Å². The monoisotopic (exact) mass is 351 g/mol. The lowest BCUT2D eigenvalue weighted by Crippen LogP contribution is -2.44. The van der Waals surface area contributed by atoms with Gasteiger partial charge in [-0.3, -0.25) is 4.90 Å². The van der Waals surface area contributed by atoms with E-state index < -0.39 is 0 Å². The van der Waals surface area contributed by atoms with Crippen LogP contribution in [-0.4, -0.2) is 59.5 Å². The Morgan fingerprint density at radius 1 is 1.12 bits per heavy atom. The molecule has 1 aliphatic rings. The maximum Gasteiger partial charge on any atom is 0.137 e. The molecule has 0 spiro atoms. The number of benzene rings is 1. The third-order valence-corrected chi connectivity index (χ3v) is 5.05. The molecule has 26 heavy (non-hydrogen) atoms.